The van der Waals surface area contributed by atoms with Crippen molar-refractivity contribution in [3.8, 4) is 5.75 Å². The van der Waals surface area contributed by atoms with E-state index < -0.39 is 5.97 Å². The maximum absolute atomic E-state index is 12.1. The molecule has 0 aromatic heterocycles. The average molecular weight is 264 g/mol. The Morgan fingerprint density at radius 2 is 1.70 bits per heavy atom. The third-order valence-corrected chi connectivity index (χ3v) is 2.91. The number of allylic oxidation sites excluding steroid dienone is 1. The van der Waals surface area contributed by atoms with Crippen molar-refractivity contribution >= 4 is 11.5 Å². The van der Waals surface area contributed by atoms with E-state index in [1.54, 1.807) is 12.1 Å². The molecule has 2 heteroatoms. The second-order valence-electron chi connectivity index (χ2n) is 4.33. The summed E-state index contributed by atoms with van der Waals surface area (Å²) in [5.74, 6) is 0.113. The van der Waals surface area contributed by atoms with Crippen LogP contribution in [0.1, 0.15) is 11.1 Å². The molecule has 20 heavy (non-hydrogen) atoms. The van der Waals surface area contributed by atoms with Gasteiger partial charge in [0.15, 0.2) is 0 Å². The van der Waals surface area contributed by atoms with Crippen LogP contribution in [0.4, 0.5) is 0 Å². The van der Waals surface area contributed by atoms with Crippen LogP contribution < -0.4 is 4.74 Å². The maximum Gasteiger partial charge on any atom is 0.343 e. The molecule has 2 aromatic rings. The van der Waals surface area contributed by atoms with E-state index in [0.29, 0.717) is 17.7 Å². The van der Waals surface area contributed by atoms with Crippen LogP contribution >= 0.6 is 0 Å². The van der Waals surface area contributed by atoms with E-state index in [2.05, 4.69) is 13.2 Å². The highest BCUT2D eigenvalue weighted by molar-refractivity contribution is 6.16. The van der Waals surface area contributed by atoms with Gasteiger partial charge < -0.3 is 4.74 Å². The van der Waals surface area contributed by atoms with Crippen molar-refractivity contribution in [3.63, 3.8) is 0 Å². The van der Waals surface area contributed by atoms with E-state index in [1.807, 2.05) is 48.5 Å². The first-order valence-electron chi connectivity index (χ1n) is 6.37. The Morgan fingerprint density at radius 3 is 2.40 bits per heavy atom. The molecule has 0 saturated carbocycles. The number of hydrogen-bond donors (Lipinski definition) is 0. The summed E-state index contributed by atoms with van der Waals surface area (Å²) in [6.45, 7) is 7.50. The number of hydrogen-bond acceptors (Lipinski definition) is 2. The van der Waals surface area contributed by atoms with Gasteiger partial charge in [-0.2, -0.15) is 0 Å². The molecule has 0 atom stereocenters. The number of carbonyl (C=O) groups excluding carboxylic acids is 1. The van der Waals surface area contributed by atoms with Gasteiger partial charge in [-0.3, -0.25) is 0 Å². The number of para-hydroxylation sites is 1. The van der Waals surface area contributed by atoms with Crippen molar-refractivity contribution < 1.29 is 9.53 Å². The third-order valence-electron chi connectivity index (χ3n) is 2.91. The van der Waals surface area contributed by atoms with E-state index in [4.69, 9.17) is 4.74 Å². The Labute approximate surface area is 119 Å². The molecule has 2 rings (SSSR count). The van der Waals surface area contributed by atoms with Gasteiger partial charge in [-0.05, 0) is 23.6 Å². The summed E-state index contributed by atoms with van der Waals surface area (Å²) in [5.41, 5.74) is 2.04. The molecule has 100 valence electrons. The van der Waals surface area contributed by atoms with Crippen LogP contribution in [-0.2, 0) is 11.2 Å². The zero-order valence-corrected chi connectivity index (χ0v) is 11.2. The van der Waals surface area contributed by atoms with Gasteiger partial charge in [0, 0.05) is 0 Å². The fraction of sp³-hybridized carbons (Fsp3) is 0.0556. The van der Waals surface area contributed by atoms with E-state index in [0.717, 1.165) is 11.1 Å². The van der Waals surface area contributed by atoms with Crippen LogP contribution in [0.3, 0.4) is 0 Å². The fourth-order valence-corrected chi connectivity index (χ4v) is 1.85. The molecular formula is C18H16O2. The van der Waals surface area contributed by atoms with E-state index in [-0.39, 0.29) is 0 Å². The molecule has 0 N–H and O–H groups in total. The number of esters is 1. The summed E-state index contributed by atoms with van der Waals surface area (Å²) in [6.07, 6.45) is 2.43. The van der Waals surface area contributed by atoms with Gasteiger partial charge in [-0.25, -0.2) is 4.79 Å². The van der Waals surface area contributed by atoms with Crippen LogP contribution in [-0.4, -0.2) is 5.97 Å². The first-order valence-corrected chi connectivity index (χ1v) is 6.37. The molecule has 0 heterocycles. The SMILES string of the molecule is C=CCc1ccccc1OC(=O)C(=C)c1ccccc1. The van der Waals surface area contributed by atoms with E-state index >= 15 is 0 Å². The number of carbonyl (C=O) groups is 1. The van der Waals surface area contributed by atoms with Crippen molar-refractivity contribution in [2.75, 3.05) is 0 Å². The molecule has 2 nitrogen and oxygen atoms in total. The predicted octanol–water partition coefficient (Wildman–Crippen LogP) is 4.03. The Balaban J connectivity index is 2.16. The van der Waals surface area contributed by atoms with E-state index in [9.17, 15) is 4.79 Å². The summed E-state index contributed by atoms with van der Waals surface area (Å²) in [7, 11) is 0. The van der Waals surface area contributed by atoms with Crippen LogP contribution in [0.15, 0.2) is 73.8 Å². The fourth-order valence-electron chi connectivity index (χ4n) is 1.85. The molecule has 0 aliphatic carbocycles. The van der Waals surface area contributed by atoms with Crippen molar-refractivity contribution in [2.45, 2.75) is 6.42 Å². The summed E-state index contributed by atoms with van der Waals surface area (Å²) < 4.78 is 5.43. The summed E-state index contributed by atoms with van der Waals surface area (Å²) in [6, 6.07) is 16.7. The summed E-state index contributed by atoms with van der Waals surface area (Å²) in [5, 5.41) is 0. The van der Waals surface area contributed by atoms with Crippen molar-refractivity contribution in [1.29, 1.82) is 0 Å². The third kappa shape index (κ3) is 3.23. The second-order valence-corrected chi connectivity index (χ2v) is 4.33. The lowest BCUT2D eigenvalue weighted by Gasteiger charge is -2.10. The Morgan fingerprint density at radius 1 is 1.05 bits per heavy atom. The maximum atomic E-state index is 12.1. The van der Waals surface area contributed by atoms with Crippen molar-refractivity contribution in [2.24, 2.45) is 0 Å². The van der Waals surface area contributed by atoms with Gasteiger partial charge in [0.05, 0.1) is 5.57 Å². The molecule has 2 aromatic carbocycles. The first-order chi connectivity index (χ1) is 9.72. The van der Waals surface area contributed by atoms with Gasteiger partial charge in [0.2, 0.25) is 0 Å². The lowest BCUT2D eigenvalue weighted by atomic mass is 10.1. The van der Waals surface area contributed by atoms with Gasteiger partial charge in [0.25, 0.3) is 0 Å². The molecule has 0 spiro atoms. The monoisotopic (exact) mass is 264 g/mol. The van der Waals surface area contributed by atoms with Gasteiger partial charge in [-0.1, -0.05) is 61.2 Å². The highest BCUT2D eigenvalue weighted by Crippen LogP contribution is 2.22. The molecule has 0 amide bonds. The first kappa shape index (κ1) is 13.8. The van der Waals surface area contributed by atoms with Crippen LogP contribution in [0, 0.1) is 0 Å². The molecule has 0 radical (unpaired) electrons. The molecular weight excluding hydrogens is 248 g/mol. The van der Waals surface area contributed by atoms with Gasteiger partial charge in [-0.15, -0.1) is 6.58 Å². The van der Waals surface area contributed by atoms with Gasteiger partial charge >= 0.3 is 5.97 Å². The van der Waals surface area contributed by atoms with Crippen molar-refractivity contribution in [1.82, 2.24) is 0 Å². The summed E-state index contributed by atoms with van der Waals surface area (Å²) >= 11 is 0. The Kier molecular flexibility index (Phi) is 4.51. The van der Waals surface area contributed by atoms with Crippen LogP contribution in [0.25, 0.3) is 5.57 Å². The standard InChI is InChI=1S/C18H16O2/c1-3-9-16-12-7-8-13-17(16)20-18(19)14(2)15-10-5-4-6-11-15/h3-8,10-13H,1-2,9H2. The summed E-state index contributed by atoms with van der Waals surface area (Å²) in [4.78, 5) is 12.1. The zero-order chi connectivity index (χ0) is 14.4. The number of benzene rings is 2. The lowest BCUT2D eigenvalue weighted by molar-refractivity contribution is -0.127. The molecule has 0 bridgehead atoms. The normalized spacial score (nSPS) is 9.80. The number of ether oxygens (including phenoxy) is 1. The highest BCUT2D eigenvalue weighted by atomic mass is 16.5. The minimum atomic E-state index is -0.437. The van der Waals surface area contributed by atoms with E-state index in [1.165, 1.54) is 0 Å². The zero-order valence-electron chi connectivity index (χ0n) is 11.2. The largest absolute Gasteiger partial charge is 0.423 e. The minimum absolute atomic E-state index is 0.346. The molecule has 0 unspecified atom stereocenters. The smallest absolute Gasteiger partial charge is 0.343 e. The Hall–Kier alpha value is -2.61. The molecule has 0 fully saturated rings. The minimum Gasteiger partial charge on any atom is -0.423 e. The lowest BCUT2D eigenvalue weighted by Crippen LogP contribution is -2.10. The Bertz CT molecular complexity index is 627. The number of rotatable bonds is 5. The topological polar surface area (TPSA) is 26.3 Å². The molecule has 0 aliphatic heterocycles. The van der Waals surface area contributed by atoms with Gasteiger partial charge in [0.1, 0.15) is 5.75 Å². The average Bonchev–Trinajstić information content (AvgIpc) is 2.49. The predicted molar refractivity (Wildman–Crippen MR) is 81.5 cm³/mol. The highest BCUT2D eigenvalue weighted by Gasteiger charge is 2.13. The molecule has 0 aliphatic rings. The van der Waals surface area contributed by atoms with Crippen LogP contribution in [0.5, 0.6) is 5.75 Å². The quantitative estimate of drug-likeness (QED) is 0.353. The second kappa shape index (κ2) is 6.53. The molecule has 0 saturated heterocycles. The van der Waals surface area contributed by atoms with Crippen LogP contribution in [0.2, 0.25) is 0 Å². The van der Waals surface area contributed by atoms with Crippen molar-refractivity contribution in [3.05, 3.63) is 85.0 Å².